The van der Waals surface area contributed by atoms with E-state index in [0.717, 1.165) is 0 Å². The van der Waals surface area contributed by atoms with Crippen LogP contribution in [-0.4, -0.2) is 86.8 Å². The van der Waals surface area contributed by atoms with Crippen LogP contribution in [0.2, 0.25) is 0 Å². The van der Waals surface area contributed by atoms with E-state index >= 15 is 0 Å². The van der Waals surface area contributed by atoms with Gasteiger partial charge in [-0.25, -0.2) is 9.36 Å². The van der Waals surface area contributed by atoms with Gasteiger partial charge in [0.2, 0.25) is 0 Å². The maximum absolute atomic E-state index is 9.53. The minimum atomic E-state index is -4.82. The molecule has 22 heteroatoms. The predicted octanol–water partition coefficient (Wildman–Crippen LogP) is -18.8. The molecule has 0 saturated carbocycles. The van der Waals surface area contributed by atoms with E-state index in [4.69, 9.17) is 14.9 Å². The SMILES string of the molecule is O.O.O.O.O.O.O.O.O.O.O.O.O=C(O)OP(=O)(O)O.[H-].[H-].[H-].[Na+].[Na+].[Na+]. The first kappa shape index (κ1) is 179. The molecule has 0 aliphatic rings. The van der Waals surface area contributed by atoms with Crippen LogP contribution < -0.4 is 88.7 Å². The molecule has 0 atom stereocenters. The van der Waals surface area contributed by atoms with E-state index in [1.54, 1.807) is 0 Å². The Bertz CT molecular complexity index is 161. The maximum atomic E-state index is 9.53. The quantitative estimate of drug-likeness (QED) is 0.267. The van der Waals surface area contributed by atoms with Crippen LogP contribution in [0.5, 0.6) is 0 Å². The fourth-order valence-corrected chi connectivity index (χ4v) is 0.305. The van der Waals surface area contributed by atoms with Gasteiger partial charge in [0.25, 0.3) is 0 Å². The van der Waals surface area contributed by atoms with E-state index in [1.165, 1.54) is 0 Å². The minimum Gasteiger partial charge on any atom is -1.00 e. The van der Waals surface area contributed by atoms with E-state index in [0.29, 0.717) is 0 Å². The molecule has 23 heavy (non-hydrogen) atoms. The molecule has 0 rings (SSSR count). The van der Waals surface area contributed by atoms with Crippen molar-refractivity contribution < 1.29 is 187 Å². The van der Waals surface area contributed by atoms with Crippen molar-refractivity contribution in [3.8, 4) is 0 Å². The van der Waals surface area contributed by atoms with Crippen LogP contribution in [0.15, 0.2) is 0 Å². The van der Waals surface area contributed by atoms with Gasteiger partial charge in [-0.05, 0) is 0 Å². The summed E-state index contributed by atoms with van der Waals surface area (Å²) >= 11 is 0. The third kappa shape index (κ3) is 239. The second kappa shape index (κ2) is 88.4. The molecule has 0 spiro atoms. The molecule has 0 bridgehead atoms. The average molecular weight is 430 g/mol. The molecule has 0 aliphatic carbocycles. The minimum absolute atomic E-state index is 0. The maximum Gasteiger partial charge on any atom is 1.00 e. The summed E-state index contributed by atoms with van der Waals surface area (Å²) in [6.07, 6.45) is -1.99. The van der Waals surface area contributed by atoms with E-state index in [1.807, 2.05) is 0 Å². The molecule has 27 N–H and O–H groups in total. The van der Waals surface area contributed by atoms with Crippen molar-refractivity contribution in [3.63, 3.8) is 0 Å². The molecule has 0 aromatic carbocycles. The number of carboxylic acid groups (broad SMARTS) is 1. The summed E-state index contributed by atoms with van der Waals surface area (Å²) in [5.41, 5.74) is 0. The van der Waals surface area contributed by atoms with Crippen LogP contribution in [0.1, 0.15) is 4.28 Å². The second-order valence-electron chi connectivity index (χ2n) is 0.848. The van der Waals surface area contributed by atoms with Gasteiger partial charge in [0.1, 0.15) is 0 Å². The van der Waals surface area contributed by atoms with Crippen molar-refractivity contribution in [2.24, 2.45) is 0 Å². The fraction of sp³-hybridized carbons (Fsp3) is 0. The van der Waals surface area contributed by atoms with Crippen LogP contribution in [0.25, 0.3) is 0 Å². The van der Waals surface area contributed by atoms with Gasteiger partial charge < -0.3 is 79.6 Å². The molecule has 18 nitrogen and oxygen atoms in total. The summed E-state index contributed by atoms with van der Waals surface area (Å²) in [6, 6.07) is 0. The first-order chi connectivity index (χ1) is 3.42. The Kier molecular flexibility index (Phi) is 687. The van der Waals surface area contributed by atoms with E-state index in [9.17, 15) is 9.36 Å². The molecule has 150 valence electrons. The summed E-state index contributed by atoms with van der Waals surface area (Å²) in [7, 11) is -4.82. The number of hydrogen-bond donors (Lipinski definition) is 3. The molecule has 0 aromatic rings. The summed E-state index contributed by atoms with van der Waals surface area (Å²) in [5.74, 6) is 0. The van der Waals surface area contributed by atoms with Crippen LogP contribution in [0.3, 0.4) is 0 Å². The predicted molar refractivity (Wildman–Crippen MR) is 67.9 cm³/mol. The van der Waals surface area contributed by atoms with E-state index < -0.39 is 14.0 Å². The molecule has 0 aliphatic heterocycles. The molecular weight excluding hydrogens is 400 g/mol. The largest absolute Gasteiger partial charge is 1.00 e. The molecule has 0 aromatic heterocycles. The Morgan fingerprint density at radius 2 is 0.783 bits per heavy atom. The van der Waals surface area contributed by atoms with Crippen molar-refractivity contribution in [3.05, 3.63) is 0 Å². The van der Waals surface area contributed by atoms with Crippen LogP contribution >= 0.6 is 7.82 Å². The zero-order valence-electron chi connectivity index (χ0n) is 15.5. The third-order valence-corrected chi connectivity index (χ3v) is 0.591. The van der Waals surface area contributed by atoms with Gasteiger partial charge in [-0.1, -0.05) is 0 Å². The Morgan fingerprint density at radius 3 is 0.783 bits per heavy atom. The summed E-state index contributed by atoms with van der Waals surface area (Å²) in [4.78, 5) is 24.7. The standard InChI is InChI=1S/CH3O6P.3Na.12H2O.3H/c2-1(3)7-8(4,5)6;;;;;;;;;;;;;;;;;;/h(H,2,3)(H2,4,5,6);;;;12*1H2;;;/q;3*+1;;;;;;;;;;;;;3*-1. The summed E-state index contributed by atoms with van der Waals surface area (Å²) in [5, 5.41) is 7.53. The number of hydrogen-bond acceptors (Lipinski definition) is 3. The van der Waals surface area contributed by atoms with Crippen molar-refractivity contribution >= 4 is 14.0 Å². The monoisotopic (exact) mass is 430 g/mol. The molecule has 0 saturated heterocycles. The number of carbonyl (C=O) groups is 1. The Labute approximate surface area is 199 Å². The second-order valence-corrected chi connectivity index (χ2v) is 2.01. The van der Waals surface area contributed by atoms with E-state index in [-0.39, 0.29) is 159 Å². The molecule has 0 radical (unpaired) electrons. The summed E-state index contributed by atoms with van der Waals surface area (Å²) in [6.45, 7) is 0. The van der Waals surface area contributed by atoms with Gasteiger partial charge in [-0.15, -0.1) is 0 Å². The summed E-state index contributed by atoms with van der Waals surface area (Å²) < 4.78 is 12.6. The number of phosphoric acid groups is 1. The molecular formula is CH30Na3O18P. The first-order valence-corrected chi connectivity index (χ1v) is 2.93. The molecule has 0 unspecified atom stereocenters. The molecule has 0 fully saturated rings. The zero-order valence-corrected chi connectivity index (χ0v) is 19.4. The van der Waals surface area contributed by atoms with Gasteiger partial charge in [-0.3, -0.25) is 9.79 Å². The average Bonchev–Trinajstić information content (AvgIpc) is 1.21. The van der Waals surface area contributed by atoms with Crippen LogP contribution in [0, 0.1) is 0 Å². The Balaban J connectivity index is -0.00000000160. The smallest absolute Gasteiger partial charge is 1.00 e. The van der Waals surface area contributed by atoms with Crippen LogP contribution in [-0.2, 0) is 9.09 Å². The topological polar surface area (TPSA) is 482 Å². The van der Waals surface area contributed by atoms with Gasteiger partial charge in [0.15, 0.2) is 0 Å². The van der Waals surface area contributed by atoms with Gasteiger partial charge in [0.05, 0.1) is 0 Å². The van der Waals surface area contributed by atoms with E-state index in [2.05, 4.69) is 4.52 Å². The molecule has 0 heterocycles. The van der Waals surface area contributed by atoms with Crippen molar-refractivity contribution in [2.75, 3.05) is 0 Å². The number of rotatable bonds is 1. The Morgan fingerprint density at radius 1 is 0.652 bits per heavy atom. The Hall–Kier alpha value is 1.94. The van der Waals surface area contributed by atoms with Crippen molar-refractivity contribution in [2.45, 2.75) is 0 Å². The van der Waals surface area contributed by atoms with Gasteiger partial charge in [-0.2, -0.15) is 0 Å². The van der Waals surface area contributed by atoms with Crippen molar-refractivity contribution in [1.29, 1.82) is 0 Å². The van der Waals surface area contributed by atoms with Gasteiger partial charge in [0, 0.05) is 0 Å². The zero-order chi connectivity index (χ0) is 6.78. The number of phosphoric ester groups is 1. The first-order valence-electron chi connectivity index (χ1n) is 1.40. The van der Waals surface area contributed by atoms with Crippen LogP contribution in [0.4, 0.5) is 4.79 Å². The normalized spacial score (nSPS) is 3.74. The fourth-order valence-electron chi connectivity index (χ4n) is 0.102. The third-order valence-electron chi connectivity index (χ3n) is 0.197. The van der Waals surface area contributed by atoms with Crippen molar-refractivity contribution in [1.82, 2.24) is 0 Å². The van der Waals surface area contributed by atoms with Gasteiger partial charge >= 0.3 is 103 Å². The molecule has 0 amide bonds.